The number of benzene rings is 1. The summed E-state index contributed by atoms with van der Waals surface area (Å²) < 4.78 is 2.02. The number of aliphatic hydroxyl groups is 2. The molecule has 1 aromatic carbocycles. The van der Waals surface area contributed by atoms with E-state index in [9.17, 15) is 5.11 Å². The maximum absolute atomic E-state index is 9.26. The van der Waals surface area contributed by atoms with E-state index in [0.717, 1.165) is 10.9 Å². The molecule has 0 aliphatic heterocycles. The number of aromatic nitrogens is 1. The van der Waals surface area contributed by atoms with Gasteiger partial charge in [-0.05, 0) is 23.9 Å². The van der Waals surface area contributed by atoms with Crippen LogP contribution in [0.2, 0.25) is 0 Å². The highest BCUT2D eigenvalue weighted by molar-refractivity contribution is 5.80. The van der Waals surface area contributed by atoms with Gasteiger partial charge in [0.1, 0.15) is 0 Å². The van der Waals surface area contributed by atoms with Crippen molar-refractivity contribution < 1.29 is 10.2 Å². The van der Waals surface area contributed by atoms with E-state index in [1.165, 1.54) is 0 Å². The van der Waals surface area contributed by atoms with E-state index in [0.29, 0.717) is 6.42 Å². The molecule has 0 aliphatic rings. The van der Waals surface area contributed by atoms with Gasteiger partial charge in [-0.2, -0.15) is 0 Å². The van der Waals surface area contributed by atoms with Crippen molar-refractivity contribution in [2.24, 2.45) is 0 Å². The lowest BCUT2D eigenvalue weighted by Gasteiger charge is -2.16. The molecule has 80 valence electrons. The quantitative estimate of drug-likeness (QED) is 0.795. The van der Waals surface area contributed by atoms with E-state index in [-0.39, 0.29) is 19.3 Å². The number of fused-ring (bicyclic) bond motifs is 1. The SMILES string of the molecule is OCCC(CO)n1ccc2ccccc21. The highest BCUT2D eigenvalue weighted by Gasteiger charge is 2.10. The maximum atomic E-state index is 9.26. The minimum atomic E-state index is -0.0325. The molecule has 1 aromatic heterocycles. The molecule has 1 unspecified atom stereocenters. The van der Waals surface area contributed by atoms with Crippen molar-refractivity contribution in [2.45, 2.75) is 12.5 Å². The summed E-state index contributed by atoms with van der Waals surface area (Å²) >= 11 is 0. The van der Waals surface area contributed by atoms with Crippen LogP contribution >= 0.6 is 0 Å². The van der Waals surface area contributed by atoms with Gasteiger partial charge in [0.2, 0.25) is 0 Å². The molecule has 0 spiro atoms. The maximum Gasteiger partial charge on any atom is 0.0639 e. The summed E-state index contributed by atoms with van der Waals surface area (Å²) in [7, 11) is 0. The molecule has 2 N–H and O–H groups in total. The van der Waals surface area contributed by atoms with Crippen LogP contribution in [0.1, 0.15) is 12.5 Å². The molecular weight excluding hydrogens is 190 g/mol. The summed E-state index contributed by atoms with van der Waals surface area (Å²) in [6, 6.07) is 10.0. The van der Waals surface area contributed by atoms with Gasteiger partial charge in [-0.15, -0.1) is 0 Å². The zero-order valence-electron chi connectivity index (χ0n) is 8.50. The highest BCUT2D eigenvalue weighted by Crippen LogP contribution is 2.21. The van der Waals surface area contributed by atoms with E-state index in [4.69, 9.17) is 5.11 Å². The molecule has 0 radical (unpaired) electrons. The van der Waals surface area contributed by atoms with Gasteiger partial charge in [-0.25, -0.2) is 0 Å². The fraction of sp³-hybridized carbons (Fsp3) is 0.333. The first-order chi connectivity index (χ1) is 7.36. The molecule has 3 nitrogen and oxygen atoms in total. The van der Waals surface area contributed by atoms with Gasteiger partial charge in [0.15, 0.2) is 0 Å². The molecule has 0 aliphatic carbocycles. The zero-order chi connectivity index (χ0) is 10.7. The van der Waals surface area contributed by atoms with Gasteiger partial charge in [0.05, 0.1) is 12.6 Å². The number of rotatable bonds is 4. The van der Waals surface area contributed by atoms with Crippen LogP contribution in [-0.2, 0) is 0 Å². The highest BCUT2D eigenvalue weighted by atomic mass is 16.3. The van der Waals surface area contributed by atoms with Crippen LogP contribution in [0.15, 0.2) is 36.5 Å². The molecule has 0 saturated heterocycles. The van der Waals surface area contributed by atoms with Crippen LogP contribution in [-0.4, -0.2) is 28.0 Å². The molecule has 0 bridgehead atoms. The third kappa shape index (κ3) is 1.89. The lowest BCUT2D eigenvalue weighted by atomic mass is 10.2. The Morgan fingerprint density at radius 3 is 2.67 bits per heavy atom. The van der Waals surface area contributed by atoms with Crippen LogP contribution < -0.4 is 0 Å². The molecule has 0 saturated carbocycles. The number of hydrogen-bond donors (Lipinski definition) is 2. The second-order valence-corrected chi connectivity index (χ2v) is 3.63. The van der Waals surface area contributed by atoms with Gasteiger partial charge in [-0.3, -0.25) is 0 Å². The Hall–Kier alpha value is -1.32. The Morgan fingerprint density at radius 2 is 1.93 bits per heavy atom. The van der Waals surface area contributed by atoms with Crippen LogP contribution in [0.4, 0.5) is 0 Å². The third-order valence-electron chi connectivity index (χ3n) is 2.70. The van der Waals surface area contributed by atoms with Crippen molar-refractivity contribution in [1.82, 2.24) is 4.57 Å². The number of aliphatic hydroxyl groups excluding tert-OH is 2. The smallest absolute Gasteiger partial charge is 0.0639 e. The van der Waals surface area contributed by atoms with Crippen molar-refractivity contribution in [3.63, 3.8) is 0 Å². The number of hydrogen-bond acceptors (Lipinski definition) is 2. The van der Waals surface area contributed by atoms with Gasteiger partial charge in [0.25, 0.3) is 0 Å². The fourth-order valence-corrected chi connectivity index (χ4v) is 1.89. The van der Waals surface area contributed by atoms with Crippen LogP contribution in [0.25, 0.3) is 10.9 Å². The second kappa shape index (κ2) is 4.47. The molecule has 3 heteroatoms. The minimum absolute atomic E-state index is 0.0325. The van der Waals surface area contributed by atoms with Gasteiger partial charge in [0, 0.05) is 18.3 Å². The van der Waals surface area contributed by atoms with Crippen LogP contribution in [0, 0.1) is 0 Å². The summed E-state index contributed by atoms with van der Waals surface area (Å²) in [6.45, 7) is 0.150. The largest absolute Gasteiger partial charge is 0.396 e. The Balaban J connectivity index is 2.41. The van der Waals surface area contributed by atoms with Gasteiger partial charge >= 0.3 is 0 Å². The van der Waals surface area contributed by atoms with E-state index in [2.05, 4.69) is 0 Å². The topological polar surface area (TPSA) is 45.4 Å². The lowest BCUT2D eigenvalue weighted by Crippen LogP contribution is -2.13. The summed E-state index contributed by atoms with van der Waals surface area (Å²) in [5.41, 5.74) is 1.10. The summed E-state index contributed by atoms with van der Waals surface area (Å²) in [5, 5.41) is 19.3. The Labute approximate surface area is 88.6 Å². The summed E-state index contributed by atoms with van der Waals surface area (Å²) in [5.74, 6) is 0. The first-order valence-electron chi connectivity index (χ1n) is 5.14. The van der Waals surface area contributed by atoms with Gasteiger partial charge < -0.3 is 14.8 Å². The van der Waals surface area contributed by atoms with E-state index in [1.807, 2.05) is 41.1 Å². The summed E-state index contributed by atoms with van der Waals surface area (Å²) in [4.78, 5) is 0. The third-order valence-corrected chi connectivity index (χ3v) is 2.70. The minimum Gasteiger partial charge on any atom is -0.396 e. The molecule has 1 atom stereocenters. The van der Waals surface area contributed by atoms with Crippen molar-refractivity contribution >= 4 is 10.9 Å². The average molecular weight is 205 g/mol. The lowest BCUT2D eigenvalue weighted by molar-refractivity contribution is 0.189. The van der Waals surface area contributed by atoms with Crippen LogP contribution in [0.5, 0.6) is 0 Å². The van der Waals surface area contributed by atoms with Crippen molar-refractivity contribution in [3.05, 3.63) is 36.5 Å². The van der Waals surface area contributed by atoms with Crippen molar-refractivity contribution in [3.8, 4) is 0 Å². The predicted molar refractivity (Wildman–Crippen MR) is 59.8 cm³/mol. The number of para-hydroxylation sites is 1. The zero-order valence-corrected chi connectivity index (χ0v) is 8.50. The molecule has 2 aromatic rings. The molecular formula is C12H15NO2. The molecule has 0 fully saturated rings. The molecule has 0 amide bonds. The Morgan fingerprint density at radius 1 is 1.13 bits per heavy atom. The molecule has 2 rings (SSSR count). The van der Waals surface area contributed by atoms with E-state index in [1.54, 1.807) is 0 Å². The fourth-order valence-electron chi connectivity index (χ4n) is 1.89. The van der Waals surface area contributed by atoms with Crippen molar-refractivity contribution in [2.75, 3.05) is 13.2 Å². The second-order valence-electron chi connectivity index (χ2n) is 3.63. The Kier molecular flexibility index (Phi) is 3.04. The molecule has 15 heavy (non-hydrogen) atoms. The predicted octanol–water partition coefficient (Wildman–Crippen LogP) is 1.56. The number of nitrogens with zero attached hydrogens (tertiary/aromatic N) is 1. The van der Waals surface area contributed by atoms with E-state index < -0.39 is 0 Å². The van der Waals surface area contributed by atoms with Crippen LogP contribution in [0.3, 0.4) is 0 Å². The average Bonchev–Trinajstić information content (AvgIpc) is 2.70. The first kappa shape index (κ1) is 10.2. The standard InChI is InChI=1S/C12H15NO2/c14-8-6-11(9-15)13-7-5-10-3-1-2-4-12(10)13/h1-5,7,11,14-15H,6,8-9H2. The van der Waals surface area contributed by atoms with Gasteiger partial charge in [-0.1, -0.05) is 18.2 Å². The first-order valence-corrected chi connectivity index (χ1v) is 5.14. The van der Waals surface area contributed by atoms with Crippen molar-refractivity contribution in [1.29, 1.82) is 0 Å². The molecule has 1 heterocycles. The monoisotopic (exact) mass is 205 g/mol. The normalized spacial score (nSPS) is 13.2. The summed E-state index contributed by atoms with van der Waals surface area (Å²) in [6.07, 6.45) is 2.54. The van der Waals surface area contributed by atoms with E-state index >= 15 is 0 Å². The Bertz CT molecular complexity index is 436.